The van der Waals surface area contributed by atoms with Crippen LogP contribution in [0.5, 0.6) is 5.75 Å². The van der Waals surface area contributed by atoms with Gasteiger partial charge in [0.05, 0.1) is 5.69 Å². The van der Waals surface area contributed by atoms with Crippen LogP contribution in [0.3, 0.4) is 0 Å². The molecule has 0 fully saturated rings. The van der Waals surface area contributed by atoms with Crippen LogP contribution in [0.1, 0.15) is 62.1 Å². The number of carboxylic acids is 1. The maximum absolute atomic E-state index is 12.7. The molecule has 1 atom stereocenters. The average Bonchev–Trinajstić information content (AvgIpc) is 3.32. The number of hydrogen-bond donors (Lipinski definition) is 1. The Bertz CT molecular complexity index is 1310. The zero-order valence-electron chi connectivity index (χ0n) is 19.0. The lowest BCUT2D eigenvalue weighted by atomic mass is 9.76. The second kappa shape index (κ2) is 6.82. The number of carboxylic acid groups (broad SMARTS) is 1. The molecule has 0 amide bonds. The van der Waals surface area contributed by atoms with E-state index in [9.17, 15) is 14.7 Å². The number of nitrogens with zero attached hydrogens (tertiary/aromatic N) is 1. The van der Waals surface area contributed by atoms with Crippen molar-refractivity contribution >= 4 is 17.3 Å². The fourth-order valence-corrected chi connectivity index (χ4v) is 5.82. The molecule has 3 aromatic rings. The van der Waals surface area contributed by atoms with Crippen molar-refractivity contribution in [3.05, 3.63) is 62.8 Å². The number of fused-ring (bicyclic) bond motifs is 5. The maximum Gasteiger partial charge on any atom is 0.341 e. The van der Waals surface area contributed by atoms with Gasteiger partial charge in [0.25, 0.3) is 0 Å². The second-order valence-electron chi connectivity index (χ2n) is 10.5. The number of thiophene rings is 1. The van der Waals surface area contributed by atoms with Crippen LogP contribution in [0.25, 0.3) is 21.7 Å². The van der Waals surface area contributed by atoms with Crippen molar-refractivity contribution in [1.82, 2.24) is 4.57 Å². The van der Waals surface area contributed by atoms with E-state index in [2.05, 4.69) is 52.1 Å². The minimum absolute atomic E-state index is 0.0177. The third-order valence-electron chi connectivity index (χ3n) is 6.58. The Morgan fingerprint density at radius 1 is 1.22 bits per heavy atom. The average molecular weight is 450 g/mol. The zero-order chi connectivity index (χ0) is 23.0. The Labute approximate surface area is 191 Å². The smallest absolute Gasteiger partial charge is 0.341 e. The van der Waals surface area contributed by atoms with Crippen molar-refractivity contribution in [2.45, 2.75) is 59.1 Å². The van der Waals surface area contributed by atoms with E-state index in [0.29, 0.717) is 0 Å². The van der Waals surface area contributed by atoms with Gasteiger partial charge in [-0.3, -0.25) is 4.79 Å². The zero-order valence-corrected chi connectivity index (χ0v) is 19.8. The third kappa shape index (κ3) is 3.20. The van der Waals surface area contributed by atoms with E-state index in [0.717, 1.165) is 40.3 Å². The summed E-state index contributed by atoms with van der Waals surface area (Å²) in [7, 11) is 0. The molecule has 166 valence electrons. The molecule has 5 rings (SSSR count). The molecule has 4 heterocycles. The Kier molecular flexibility index (Phi) is 4.48. The van der Waals surface area contributed by atoms with Crippen molar-refractivity contribution in [1.29, 1.82) is 0 Å². The van der Waals surface area contributed by atoms with Crippen LogP contribution in [-0.4, -0.2) is 21.2 Å². The fourth-order valence-electron chi connectivity index (χ4n) is 5.08. The number of aromatic carboxylic acids is 1. The van der Waals surface area contributed by atoms with Crippen LogP contribution in [0.2, 0.25) is 0 Å². The summed E-state index contributed by atoms with van der Waals surface area (Å²) in [5.74, 6) is -0.242. The first-order valence-electron chi connectivity index (χ1n) is 10.9. The van der Waals surface area contributed by atoms with Gasteiger partial charge in [-0.25, -0.2) is 4.79 Å². The monoisotopic (exact) mass is 449 g/mol. The standard InChI is InChI=1S/C26H27NO4S/c1-25(2,3)22-10-14-15(19-11-20(28)18(24(29)30)13-27(19)22)9-16(21-7-6-8-32-21)23-17(14)12-26(4,5)31-23/h6-9,11,13,22H,10,12H2,1-5H3,(H,29,30). The third-order valence-corrected chi connectivity index (χ3v) is 7.49. The Balaban J connectivity index is 1.85. The predicted molar refractivity (Wildman–Crippen MR) is 127 cm³/mol. The van der Waals surface area contributed by atoms with Crippen LogP contribution in [0.4, 0.5) is 0 Å². The van der Waals surface area contributed by atoms with Crippen molar-refractivity contribution < 1.29 is 14.6 Å². The first-order valence-corrected chi connectivity index (χ1v) is 11.8. The van der Waals surface area contributed by atoms with Gasteiger partial charge >= 0.3 is 5.97 Å². The molecule has 1 aromatic carbocycles. The fraction of sp³-hybridized carbons (Fsp3) is 0.385. The van der Waals surface area contributed by atoms with E-state index in [-0.39, 0.29) is 22.6 Å². The molecule has 1 N–H and O–H groups in total. The molecule has 0 saturated heterocycles. The maximum atomic E-state index is 12.7. The van der Waals surface area contributed by atoms with Gasteiger partial charge in [0.15, 0.2) is 5.43 Å². The molecular formula is C26H27NO4S. The van der Waals surface area contributed by atoms with E-state index in [1.165, 1.54) is 23.4 Å². The Morgan fingerprint density at radius 2 is 1.97 bits per heavy atom. The molecule has 2 aromatic heterocycles. The first-order chi connectivity index (χ1) is 15.0. The lowest BCUT2D eigenvalue weighted by Crippen LogP contribution is -2.33. The highest BCUT2D eigenvalue weighted by Crippen LogP contribution is 2.52. The van der Waals surface area contributed by atoms with Crippen LogP contribution in [-0.2, 0) is 12.8 Å². The van der Waals surface area contributed by atoms with Gasteiger partial charge in [-0.05, 0) is 48.8 Å². The molecular weight excluding hydrogens is 422 g/mol. The molecule has 0 saturated carbocycles. The number of carbonyl (C=O) groups is 1. The van der Waals surface area contributed by atoms with E-state index in [1.54, 1.807) is 11.3 Å². The van der Waals surface area contributed by atoms with Gasteiger partial charge in [0.2, 0.25) is 0 Å². The second-order valence-corrected chi connectivity index (χ2v) is 11.5. The quantitative estimate of drug-likeness (QED) is 0.537. The summed E-state index contributed by atoms with van der Waals surface area (Å²) in [6.07, 6.45) is 3.11. The molecule has 6 heteroatoms. The topological polar surface area (TPSA) is 68.5 Å². The summed E-state index contributed by atoms with van der Waals surface area (Å²) in [6, 6.07) is 7.77. The molecule has 2 aliphatic rings. The number of pyridine rings is 1. The predicted octanol–water partition coefficient (Wildman–Crippen LogP) is 5.80. The molecule has 32 heavy (non-hydrogen) atoms. The van der Waals surface area contributed by atoms with Crippen molar-refractivity contribution in [3.63, 3.8) is 0 Å². The number of hydrogen-bond acceptors (Lipinski definition) is 4. The van der Waals surface area contributed by atoms with E-state index >= 15 is 0 Å². The van der Waals surface area contributed by atoms with Crippen LogP contribution >= 0.6 is 11.3 Å². The SMILES string of the molecule is CC1(C)Cc2c3c(cc(-c4cccs4)c2O1)-c1cc(=O)c(C(=O)O)cn1C(C(C)(C)C)C3. The van der Waals surface area contributed by atoms with Crippen LogP contribution in [0, 0.1) is 5.41 Å². The highest BCUT2D eigenvalue weighted by atomic mass is 32.1. The molecule has 0 radical (unpaired) electrons. The largest absolute Gasteiger partial charge is 0.487 e. The summed E-state index contributed by atoms with van der Waals surface area (Å²) >= 11 is 1.66. The number of rotatable bonds is 2. The lowest BCUT2D eigenvalue weighted by molar-refractivity contribution is 0.0693. The molecule has 0 spiro atoms. The number of aromatic nitrogens is 1. The normalized spacial score (nSPS) is 18.5. The van der Waals surface area contributed by atoms with Gasteiger partial charge in [-0.1, -0.05) is 26.8 Å². The summed E-state index contributed by atoms with van der Waals surface area (Å²) in [5.41, 5.74) is 4.18. The highest BCUT2D eigenvalue weighted by molar-refractivity contribution is 7.13. The minimum atomic E-state index is -1.19. The van der Waals surface area contributed by atoms with E-state index < -0.39 is 11.4 Å². The molecule has 2 aliphatic heterocycles. The van der Waals surface area contributed by atoms with Gasteiger partial charge in [0.1, 0.15) is 16.9 Å². The lowest BCUT2D eigenvalue weighted by Gasteiger charge is -2.39. The summed E-state index contributed by atoms with van der Waals surface area (Å²) in [6.45, 7) is 10.7. The minimum Gasteiger partial charge on any atom is -0.487 e. The van der Waals surface area contributed by atoms with Crippen molar-refractivity contribution in [2.24, 2.45) is 5.41 Å². The van der Waals surface area contributed by atoms with Gasteiger partial charge < -0.3 is 14.4 Å². The van der Waals surface area contributed by atoms with E-state index in [4.69, 9.17) is 4.74 Å². The molecule has 1 unspecified atom stereocenters. The van der Waals surface area contributed by atoms with Gasteiger partial charge in [-0.15, -0.1) is 11.3 Å². The molecule has 0 bridgehead atoms. The first kappa shape index (κ1) is 21.0. The van der Waals surface area contributed by atoms with Crippen LogP contribution in [0.15, 0.2) is 40.6 Å². The van der Waals surface area contributed by atoms with E-state index in [1.807, 2.05) is 10.6 Å². The summed E-state index contributed by atoms with van der Waals surface area (Å²) in [4.78, 5) is 25.6. The number of ether oxygens (including phenoxy) is 1. The number of benzene rings is 1. The molecule has 0 aliphatic carbocycles. The van der Waals surface area contributed by atoms with Crippen molar-refractivity contribution in [2.75, 3.05) is 0 Å². The highest BCUT2D eigenvalue weighted by Gasteiger charge is 2.40. The summed E-state index contributed by atoms with van der Waals surface area (Å²) in [5, 5.41) is 11.6. The summed E-state index contributed by atoms with van der Waals surface area (Å²) < 4.78 is 8.47. The van der Waals surface area contributed by atoms with Gasteiger partial charge in [0, 0.05) is 46.3 Å². The Morgan fingerprint density at radius 3 is 2.59 bits per heavy atom. The van der Waals surface area contributed by atoms with Crippen molar-refractivity contribution in [3.8, 4) is 27.4 Å². The molecule has 5 nitrogen and oxygen atoms in total. The van der Waals surface area contributed by atoms with Crippen LogP contribution < -0.4 is 10.2 Å². The van der Waals surface area contributed by atoms with Gasteiger partial charge in [-0.2, -0.15) is 0 Å². The Hall–Kier alpha value is -2.86.